The number of nitrogen functional groups attached to an aromatic ring is 1. The van der Waals surface area contributed by atoms with Crippen molar-refractivity contribution in [3.05, 3.63) is 24.3 Å². The van der Waals surface area contributed by atoms with Crippen molar-refractivity contribution < 1.29 is 14.7 Å². The van der Waals surface area contributed by atoms with Gasteiger partial charge in [0, 0.05) is 6.54 Å². The molecule has 0 bridgehead atoms. The van der Waals surface area contributed by atoms with Gasteiger partial charge < -0.3 is 21.1 Å². The molecule has 1 aromatic rings. The van der Waals surface area contributed by atoms with Gasteiger partial charge in [-0.1, -0.05) is 19.1 Å². The van der Waals surface area contributed by atoms with Gasteiger partial charge in [-0.2, -0.15) is 0 Å². The molecule has 4 N–H and O–H groups in total. The number of carboxylic acids is 1. The van der Waals surface area contributed by atoms with E-state index in [1.165, 1.54) is 4.90 Å². The zero-order valence-corrected chi connectivity index (χ0v) is 11.4. The zero-order chi connectivity index (χ0) is 14.7. The summed E-state index contributed by atoms with van der Waals surface area (Å²) >= 11 is 0. The van der Waals surface area contributed by atoms with E-state index in [0.717, 1.165) is 6.42 Å². The highest BCUT2D eigenvalue weighted by molar-refractivity contribution is 5.94. The predicted molar refractivity (Wildman–Crippen MR) is 76.4 cm³/mol. The summed E-state index contributed by atoms with van der Waals surface area (Å²) in [6.45, 7) is 2.44. The number of carbonyl (C=O) groups is 2. The Morgan fingerprint density at radius 3 is 2.75 bits per heavy atom. The van der Waals surface area contributed by atoms with E-state index in [4.69, 9.17) is 5.73 Å². The summed E-state index contributed by atoms with van der Waals surface area (Å²) in [6.07, 6.45) is 1.29. The summed E-state index contributed by atoms with van der Waals surface area (Å²) in [5, 5.41) is 11.9. The van der Waals surface area contributed by atoms with Crippen LogP contribution in [0.3, 0.4) is 0 Å². The van der Waals surface area contributed by atoms with Crippen molar-refractivity contribution >= 4 is 23.4 Å². The minimum Gasteiger partial charge on any atom is -0.480 e. The van der Waals surface area contributed by atoms with E-state index in [-0.39, 0.29) is 0 Å². The maximum absolute atomic E-state index is 12.2. The molecule has 20 heavy (non-hydrogen) atoms. The molecule has 1 fully saturated rings. The fraction of sp³-hybridized carbons (Fsp3) is 0.429. The lowest BCUT2D eigenvalue weighted by Crippen LogP contribution is -2.51. The summed E-state index contributed by atoms with van der Waals surface area (Å²) < 4.78 is 0. The molecule has 108 valence electrons. The van der Waals surface area contributed by atoms with E-state index in [2.05, 4.69) is 5.32 Å². The number of nitrogens with one attached hydrogen (secondary N) is 1. The molecule has 2 amide bonds. The average molecular weight is 277 g/mol. The molecule has 1 aliphatic heterocycles. The van der Waals surface area contributed by atoms with Gasteiger partial charge in [-0.3, -0.25) is 0 Å². The summed E-state index contributed by atoms with van der Waals surface area (Å²) in [6, 6.07) is 5.72. The van der Waals surface area contributed by atoms with Crippen LogP contribution in [-0.2, 0) is 4.79 Å². The first kappa shape index (κ1) is 14.2. The highest BCUT2D eigenvalue weighted by Crippen LogP contribution is 2.24. The van der Waals surface area contributed by atoms with Crippen LogP contribution in [0.2, 0.25) is 0 Å². The Bertz CT molecular complexity index is 518. The van der Waals surface area contributed by atoms with Gasteiger partial charge in [0.1, 0.15) is 6.04 Å². The van der Waals surface area contributed by atoms with E-state index >= 15 is 0 Å². The molecular formula is C14H19N3O3. The molecular weight excluding hydrogens is 258 g/mol. The zero-order valence-electron chi connectivity index (χ0n) is 11.4. The van der Waals surface area contributed by atoms with Crippen molar-refractivity contribution in [2.24, 2.45) is 5.92 Å². The number of carboxylic acid groups (broad SMARTS) is 1. The first-order valence-corrected chi connectivity index (χ1v) is 6.64. The number of benzene rings is 1. The minimum absolute atomic E-state index is 0.307. The molecule has 1 aromatic carbocycles. The first-order valence-electron chi connectivity index (χ1n) is 6.64. The van der Waals surface area contributed by atoms with E-state index in [1.54, 1.807) is 24.3 Å². The number of carbonyl (C=O) groups excluding carboxylic acids is 1. The van der Waals surface area contributed by atoms with Gasteiger partial charge in [0.25, 0.3) is 0 Å². The Balaban J connectivity index is 2.11. The number of amides is 2. The van der Waals surface area contributed by atoms with Gasteiger partial charge in [-0.25, -0.2) is 9.59 Å². The molecule has 0 aromatic heterocycles. The third-order valence-electron chi connectivity index (χ3n) is 3.61. The average Bonchev–Trinajstić information content (AvgIpc) is 2.41. The van der Waals surface area contributed by atoms with Gasteiger partial charge in [-0.05, 0) is 30.9 Å². The lowest BCUT2D eigenvalue weighted by atomic mass is 9.93. The summed E-state index contributed by atoms with van der Waals surface area (Å²) in [5.74, 6) is -0.658. The Morgan fingerprint density at radius 2 is 2.10 bits per heavy atom. The predicted octanol–water partition coefficient (Wildman–Crippen LogP) is 1.99. The van der Waals surface area contributed by atoms with E-state index < -0.39 is 18.0 Å². The molecule has 0 saturated carbocycles. The number of likely N-dealkylation sites (tertiary alicyclic amines) is 1. The maximum atomic E-state index is 12.2. The third-order valence-corrected chi connectivity index (χ3v) is 3.61. The van der Waals surface area contributed by atoms with Gasteiger partial charge in [-0.15, -0.1) is 0 Å². The van der Waals surface area contributed by atoms with Crippen LogP contribution in [-0.4, -0.2) is 34.6 Å². The van der Waals surface area contributed by atoms with Crippen LogP contribution in [0, 0.1) is 5.92 Å². The number of para-hydroxylation sites is 2. The second-order valence-corrected chi connectivity index (χ2v) is 5.19. The number of hydrogen-bond donors (Lipinski definition) is 3. The molecule has 0 spiro atoms. The number of nitrogens with zero attached hydrogens (tertiary/aromatic N) is 1. The van der Waals surface area contributed by atoms with Crippen LogP contribution in [0.15, 0.2) is 24.3 Å². The van der Waals surface area contributed by atoms with E-state index in [9.17, 15) is 14.7 Å². The number of urea groups is 1. The number of hydrogen-bond acceptors (Lipinski definition) is 3. The fourth-order valence-corrected chi connectivity index (χ4v) is 2.42. The largest absolute Gasteiger partial charge is 0.480 e. The number of piperidine rings is 1. The highest BCUT2D eigenvalue weighted by atomic mass is 16.4. The van der Waals surface area contributed by atoms with Crippen LogP contribution < -0.4 is 11.1 Å². The van der Waals surface area contributed by atoms with Crippen LogP contribution in [0.1, 0.15) is 19.8 Å². The summed E-state index contributed by atoms with van der Waals surface area (Å²) in [4.78, 5) is 24.9. The molecule has 1 saturated heterocycles. The van der Waals surface area contributed by atoms with Gasteiger partial charge >= 0.3 is 12.0 Å². The SMILES string of the molecule is CC1CCN(C(=O)Nc2ccccc2N)C(C(=O)O)C1. The van der Waals surface area contributed by atoms with E-state index in [0.29, 0.717) is 30.3 Å². The monoisotopic (exact) mass is 277 g/mol. The number of rotatable bonds is 2. The molecule has 2 rings (SSSR count). The smallest absolute Gasteiger partial charge is 0.326 e. The van der Waals surface area contributed by atoms with Crippen molar-refractivity contribution in [3.63, 3.8) is 0 Å². The molecule has 1 heterocycles. The quantitative estimate of drug-likeness (QED) is 0.720. The topological polar surface area (TPSA) is 95.7 Å². The molecule has 6 nitrogen and oxygen atoms in total. The van der Waals surface area contributed by atoms with Crippen molar-refractivity contribution in [2.45, 2.75) is 25.8 Å². The van der Waals surface area contributed by atoms with Crippen molar-refractivity contribution in [1.29, 1.82) is 0 Å². The van der Waals surface area contributed by atoms with Crippen molar-refractivity contribution in [3.8, 4) is 0 Å². The number of aliphatic carboxylic acids is 1. The van der Waals surface area contributed by atoms with Crippen LogP contribution >= 0.6 is 0 Å². The Kier molecular flexibility index (Phi) is 4.12. The molecule has 2 unspecified atom stereocenters. The Morgan fingerprint density at radius 1 is 1.40 bits per heavy atom. The summed E-state index contributed by atoms with van der Waals surface area (Å²) in [7, 11) is 0. The van der Waals surface area contributed by atoms with E-state index in [1.807, 2.05) is 6.92 Å². The van der Waals surface area contributed by atoms with Crippen molar-refractivity contribution in [2.75, 3.05) is 17.6 Å². The second kappa shape index (κ2) is 5.81. The summed E-state index contributed by atoms with van der Waals surface area (Å²) in [5.41, 5.74) is 6.72. The van der Waals surface area contributed by atoms with Gasteiger partial charge in [0.2, 0.25) is 0 Å². The Labute approximate surface area is 117 Å². The number of anilines is 2. The standard InChI is InChI=1S/C14H19N3O3/c1-9-6-7-17(12(8-9)13(18)19)14(20)16-11-5-3-2-4-10(11)15/h2-5,9,12H,6-8,15H2,1H3,(H,16,20)(H,18,19). The lowest BCUT2D eigenvalue weighted by Gasteiger charge is -2.35. The first-order chi connectivity index (χ1) is 9.49. The van der Waals surface area contributed by atoms with Crippen molar-refractivity contribution in [1.82, 2.24) is 4.90 Å². The highest BCUT2D eigenvalue weighted by Gasteiger charge is 2.34. The Hall–Kier alpha value is -2.24. The fourth-order valence-electron chi connectivity index (χ4n) is 2.42. The van der Waals surface area contributed by atoms with Gasteiger partial charge in [0.15, 0.2) is 0 Å². The van der Waals surface area contributed by atoms with Crippen LogP contribution in [0.25, 0.3) is 0 Å². The minimum atomic E-state index is -0.965. The molecule has 0 aliphatic carbocycles. The molecule has 1 aliphatic rings. The van der Waals surface area contributed by atoms with Crippen LogP contribution in [0.5, 0.6) is 0 Å². The van der Waals surface area contributed by atoms with Crippen LogP contribution in [0.4, 0.5) is 16.2 Å². The molecule has 2 atom stereocenters. The maximum Gasteiger partial charge on any atom is 0.326 e. The third kappa shape index (κ3) is 3.01. The lowest BCUT2D eigenvalue weighted by molar-refractivity contribution is -0.143. The normalized spacial score (nSPS) is 22.4. The van der Waals surface area contributed by atoms with Gasteiger partial charge in [0.05, 0.1) is 11.4 Å². The second-order valence-electron chi connectivity index (χ2n) is 5.19. The molecule has 0 radical (unpaired) electrons. The molecule has 6 heteroatoms. The number of nitrogens with two attached hydrogens (primary N) is 1.